The highest BCUT2D eigenvalue weighted by Gasteiger charge is 2.29. The molecule has 1 amide bonds. The van der Waals surface area contributed by atoms with Gasteiger partial charge in [0.25, 0.3) is 5.91 Å². The van der Waals surface area contributed by atoms with E-state index >= 15 is 0 Å². The maximum Gasteiger partial charge on any atom is 0.257 e. The number of anilines is 1. The average Bonchev–Trinajstić information content (AvgIpc) is 2.43. The number of aliphatic hydroxyl groups excluding tert-OH is 1. The van der Waals surface area contributed by atoms with E-state index in [0.29, 0.717) is 22.0 Å². The van der Waals surface area contributed by atoms with Gasteiger partial charge in [0.15, 0.2) is 6.10 Å². The Kier molecular flexibility index (Phi) is 2.09. The third-order valence-electron chi connectivity index (χ3n) is 2.12. The van der Waals surface area contributed by atoms with Crippen LogP contribution in [0.1, 0.15) is 11.7 Å². The fourth-order valence-corrected chi connectivity index (χ4v) is 1.65. The number of carbonyl (C=O) groups is 1. The van der Waals surface area contributed by atoms with Crippen LogP contribution in [-0.4, -0.2) is 18.1 Å². The van der Waals surface area contributed by atoms with E-state index < -0.39 is 12.0 Å². The van der Waals surface area contributed by atoms with Crippen LogP contribution in [0.4, 0.5) is 5.69 Å². The molecule has 0 aromatic heterocycles. The second-order valence-corrected chi connectivity index (χ2v) is 3.37. The summed E-state index contributed by atoms with van der Waals surface area (Å²) in [6, 6.07) is 3.12. The van der Waals surface area contributed by atoms with Crippen molar-refractivity contribution in [2.75, 3.05) is 12.4 Å². The molecule has 4 nitrogen and oxygen atoms in total. The number of carbonyl (C=O) groups excluding carboxylic acids is 1. The zero-order chi connectivity index (χ0) is 10.3. The lowest BCUT2D eigenvalue weighted by Crippen LogP contribution is -2.10. The van der Waals surface area contributed by atoms with Crippen molar-refractivity contribution in [2.24, 2.45) is 0 Å². The van der Waals surface area contributed by atoms with E-state index in [9.17, 15) is 9.90 Å². The molecule has 1 unspecified atom stereocenters. The number of benzene rings is 1. The molecule has 0 bridgehead atoms. The number of ether oxygens (including phenoxy) is 1. The number of amides is 1. The lowest BCUT2D eigenvalue weighted by Gasteiger charge is -2.06. The second kappa shape index (κ2) is 3.15. The predicted molar refractivity (Wildman–Crippen MR) is 51.6 cm³/mol. The van der Waals surface area contributed by atoms with E-state index in [0.717, 1.165) is 0 Å². The molecule has 0 saturated heterocycles. The summed E-state index contributed by atoms with van der Waals surface area (Å²) in [7, 11) is 1.49. The molecular formula is C9H8ClNO3. The van der Waals surface area contributed by atoms with Gasteiger partial charge in [0.1, 0.15) is 5.75 Å². The van der Waals surface area contributed by atoms with Crippen LogP contribution in [0.25, 0.3) is 0 Å². The Morgan fingerprint density at radius 1 is 1.57 bits per heavy atom. The number of rotatable bonds is 1. The number of hydrogen-bond donors (Lipinski definition) is 2. The minimum Gasteiger partial charge on any atom is -0.495 e. The van der Waals surface area contributed by atoms with Crippen molar-refractivity contribution in [1.82, 2.24) is 0 Å². The van der Waals surface area contributed by atoms with Gasteiger partial charge < -0.3 is 15.2 Å². The van der Waals surface area contributed by atoms with E-state index in [1.54, 1.807) is 6.07 Å². The van der Waals surface area contributed by atoms with Gasteiger partial charge in [-0.05, 0) is 6.07 Å². The van der Waals surface area contributed by atoms with E-state index in [4.69, 9.17) is 16.3 Å². The number of nitrogens with one attached hydrogen (secondary N) is 1. The lowest BCUT2D eigenvalue weighted by molar-refractivity contribution is -0.123. The molecule has 5 heteroatoms. The highest BCUT2D eigenvalue weighted by Crippen LogP contribution is 2.38. The molecule has 1 aromatic carbocycles. The molecule has 1 aliphatic heterocycles. The highest BCUT2D eigenvalue weighted by atomic mass is 35.5. The van der Waals surface area contributed by atoms with Gasteiger partial charge in [0, 0.05) is 11.6 Å². The number of halogens is 1. The van der Waals surface area contributed by atoms with E-state index in [1.807, 2.05) is 0 Å². The highest BCUT2D eigenvalue weighted by molar-refractivity contribution is 6.32. The van der Waals surface area contributed by atoms with Crippen molar-refractivity contribution >= 4 is 23.2 Å². The van der Waals surface area contributed by atoms with Gasteiger partial charge in [0.2, 0.25) is 0 Å². The zero-order valence-electron chi connectivity index (χ0n) is 7.37. The van der Waals surface area contributed by atoms with Gasteiger partial charge >= 0.3 is 0 Å². The van der Waals surface area contributed by atoms with Gasteiger partial charge in [-0.15, -0.1) is 0 Å². The topological polar surface area (TPSA) is 58.6 Å². The monoisotopic (exact) mass is 213 g/mol. The molecule has 0 radical (unpaired) electrons. The van der Waals surface area contributed by atoms with E-state index in [1.165, 1.54) is 13.2 Å². The minimum atomic E-state index is -1.13. The Hall–Kier alpha value is -1.26. The first kappa shape index (κ1) is 9.30. The smallest absolute Gasteiger partial charge is 0.257 e. The lowest BCUT2D eigenvalue weighted by atomic mass is 10.1. The third kappa shape index (κ3) is 1.23. The fraction of sp³-hybridized carbons (Fsp3) is 0.222. The maximum absolute atomic E-state index is 11.1. The van der Waals surface area contributed by atoms with E-state index in [-0.39, 0.29) is 0 Å². The van der Waals surface area contributed by atoms with Crippen molar-refractivity contribution in [1.29, 1.82) is 0 Å². The van der Waals surface area contributed by atoms with Crippen molar-refractivity contribution in [3.05, 3.63) is 22.7 Å². The van der Waals surface area contributed by atoms with Crippen LogP contribution in [0.3, 0.4) is 0 Å². The SMILES string of the molecule is COc1cc2c(cc1Cl)C(O)C(=O)N2. The van der Waals surface area contributed by atoms with Gasteiger partial charge in [-0.1, -0.05) is 11.6 Å². The quantitative estimate of drug-likeness (QED) is 0.740. The van der Waals surface area contributed by atoms with Crippen LogP contribution in [0.2, 0.25) is 5.02 Å². The first-order chi connectivity index (χ1) is 6.63. The standard InChI is InChI=1S/C9H8ClNO3/c1-14-7-3-6-4(2-5(7)10)8(12)9(13)11-6/h2-3,8,12H,1H3,(H,11,13). The molecule has 2 N–H and O–H groups in total. The summed E-state index contributed by atoms with van der Waals surface area (Å²) in [6.07, 6.45) is -1.13. The number of aliphatic hydroxyl groups is 1. The molecule has 0 aliphatic carbocycles. The van der Waals surface area contributed by atoms with Gasteiger partial charge in [-0.3, -0.25) is 4.79 Å². The number of hydrogen-bond acceptors (Lipinski definition) is 3. The summed E-state index contributed by atoms with van der Waals surface area (Å²) in [4.78, 5) is 11.1. The zero-order valence-corrected chi connectivity index (χ0v) is 8.13. The predicted octanol–water partition coefficient (Wildman–Crippen LogP) is 1.33. The minimum absolute atomic E-state index is 0.377. The summed E-state index contributed by atoms with van der Waals surface area (Å²) >= 11 is 5.85. The number of methoxy groups -OCH3 is 1. The van der Waals surface area contributed by atoms with Crippen molar-refractivity contribution in [3.8, 4) is 5.75 Å². The summed E-state index contributed by atoms with van der Waals surface area (Å²) in [5.41, 5.74) is 1.03. The first-order valence-electron chi connectivity index (χ1n) is 4.00. The van der Waals surface area contributed by atoms with Crippen LogP contribution in [-0.2, 0) is 4.79 Å². The fourth-order valence-electron chi connectivity index (χ4n) is 1.40. The van der Waals surface area contributed by atoms with Crippen molar-refractivity contribution < 1.29 is 14.6 Å². The van der Waals surface area contributed by atoms with Crippen molar-refractivity contribution in [3.63, 3.8) is 0 Å². The van der Waals surface area contributed by atoms with Crippen molar-refractivity contribution in [2.45, 2.75) is 6.10 Å². The Bertz CT molecular complexity index is 405. The molecule has 1 heterocycles. The molecule has 0 spiro atoms. The Morgan fingerprint density at radius 3 is 2.93 bits per heavy atom. The Balaban J connectivity index is 2.54. The van der Waals surface area contributed by atoms with Crippen LogP contribution in [0.15, 0.2) is 12.1 Å². The third-order valence-corrected chi connectivity index (χ3v) is 2.42. The summed E-state index contributed by atoms with van der Waals surface area (Å²) in [6.45, 7) is 0. The summed E-state index contributed by atoms with van der Waals surface area (Å²) in [5, 5.41) is 12.3. The first-order valence-corrected chi connectivity index (χ1v) is 4.37. The molecule has 0 saturated carbocycles. The molecule has 1 aliphatic rings. The van der Waals surface area contributed by atoms with Gasteiger partial charge in [-0.2, -0.15) is 0 Å². The average molecular weight is 214 g/mol. The normalized spacial score (nSPS) is 19.1. The molecule has 14 heavy (non-hydrogen) atoms. The summed E-state index contributed by atoms with van der Waals surface area (Å²) in [5.74, 6) is 0.0316. The largest absolute Gasteiger partial charge is 0.495 e. The summed E-state index contributed by atoms with van der Waals surface area (Å²) < 4.78 is 4.98. The molecular weight excluding hydrogens is 206 g/mol. The molecule has 2 rings (SSSR count). The molecule has 1 aromatic rings. The van der Waals surface area contributed by atoms with Gasteiger partial charge in [-0.25, -0.2) is 0 Å². The number of fused-ring (bicyclic) bond motifs is 1. The molecule has 74 valence electrons. The molecule has 0 fully saturated rings. The van der Waals surface area contributed by atoms with Gasteiger partial charge in [0.05, 0.1) is 17.8 Å². The Labute approximate surface area is 85.4 Å². The Morgan fingerprint density at radius 2 is 2.29 bits per heavy atom. The van der Waals surface area contributed by atoms with Crippen LogP contribution < -0.4 is 10.1 Å². The maximum atomic E-state index is 11.1. The van der Waals surface area contributed by atoms with Crippen LogP contribution in [0, 0.1) is 0 Å². The van der Waals surface area contributed by atoms with Crippen LogP contribution in [0.5, 0.6) is 5.75 Å². The van der Waals surface area contributed by atoms with Crippen LogP contribution >= 0.6 is 11.6 Å². The molecule has 1 atom stereocenters. The second-order valence-electron chi connectivity index (χ2n) is 2.97. The van der Waals surface area contributed by atoms with E-state index in [2.05, 4.69) is 5.32 Å².